The van der Waals surface area contributed by atoms with Gasteiger partial charge in [-0.05, 0) is 37.8 Å². The Kier molecular flexibility index (Phi) is 6.58. The zero-order valence-corrected chi connectivity index (χ0v) is 18.1. The lowest BCUT2D eigenvalue weighted by atomic mass is 9.94. The highest BCUT2D eigenvalue weighted by Gasteiger charge is 2.29. The van der Waals surface area contributed by atoms with E-state index in [1.807, 2.05) is 17.0 Å². The molecule has 1 saturated carbocycles. The van der Waals surface area contributed by atoms with Crippen LogP contribution in [-0.4, -0.2) is 52.2 Å². The fraction of sp³-hybridized carbons (Fsp3) is 0.619. The smallest absolute Gasteiger partial charge is 0.262 e. The van der Waals surface area contributed by atoms with E-state index in [4.69, 9.17) is 4.42 Å². The van der Waals surface area contributed by atoms with E-state index in [1.54, 1.807) is 10.8 Å². The predicted molar refractivity (Wildman–Crippen MR) is 111 cm³/mol. The Balaban J connectivity index is 1.47. The third-order valence-electron chi connectivity index (χ3n) is 6.09. The number of imidazole rings is 1. The maximum Gasteiger partial charge on any atom is 0.262 e. The Labute approximate surface area is 177 Å². The minimum absolute atomic E-state index is 0.0208. The highest BCUT2D eigenvalue weighted by Crippen LogP contribution is 2.25. The molecule has 3 heterocycles. The van der Waals surface area contributed by atoms with Gasteiger partial charge in [0.25, 0.3) is 10.0 Å². The molecule has 0 atom stereocenters. The number of furan rings is 1. The summed E-state index contributed by atoms with van der Waals surface area (Å²) < 4.78 is 34.2. The van der Waals surface area contributed by atoms with Crippen molar-refractivity contribution in [2.45, 2.75) is 75.5 Å². The first-order valence-corrected chi connectivity index (χ1v) is 12.3. The van der Waals surface area contributed by atoms with Gasteiger partial charge >= 0.3 is 0 Å². The molecule has 2 aromatic rings. The highest BCUT2D eigenvalue weighted by atomic mass is 32.2. The van der Waals surface area contributed by atoms with Crippen LogP contribution in [0, 0.1) is 0 Å². The van der Waals surface area contributed by atoms with Crippen molar-refractivity contribution in [1.82, 2.24) is 18.8 Å². The first kappa shape index (κ1) is 21.1. The van der Waals surface area contributed by atoms with Crippen LogP contribution in [0.3, 0.4) is 0 Å². The van der Waals surface area contributed by atoms with Crippen LogP contribution in [0.4, 0.5) is 0 Å². The predicted octanol–water partition coefficient (Wildman–Crippen LogP) is 3.01. The zero-order valence-electron chi connectivity index (χ0n) is 17.3. The van der Waals surface area contributed by atoms with Crippen molar-refractivity contribution >= 4 is 15.9 Å². The summed E-state index contributed by atoms with van der Waals surface area (Å²) in [5.41, 5.74) is 0. The molecule has 4 rings (SSSR count). The number of hydrogen-bond donors (Lipinski definition) is 0. The summed E-state index contributed by atoms with van der Waals surface area (Å²) in [6, 6.07) is 3.90. The first-order valence-electron chi connectivity index (χ1n) is 10.9. The Hall–Kier alpha value is -2.13. The van der Waals surface area contributed by atoms with E-state index in [1.165, 1.54) is 23.3 Å². The number of carbonyl (C=O) groups excluding carboxylic acids is 1. The van der Waals surface area contributed by atoms with E-state index in [9.17, 15) is 13.2 Å². The molecule has 1 aliphatic carbocycles. The van der Waals surface area contributed by atoms with Gasteiger partial charge in [-0.3, -0.25) is 4.79 Å². The minimum atomic E-state index is -3.60. The molecule has 0 bridgehead atoms. The average Bonchev–Trinajstić information content (AvgIpc) is 3.45. The van der Waals surface area contributed by atoms with Crippen molar-refractivity contribution < 1.29 is 17.6 Å². The molecular weight excluding hydrogens is 404 g/mol. The van der Waals surface area contributed by atoms with E-state index in [0.717, 1.165) is 50.7 Å². The van der Waals surface area contributed by atoms with Crippen molar-refractivity contribution in [3.8, 4) is 0 Å². The Bertz CT molecular complexity index is 926. The lowest BCUT2D eigenvalue weighted by Gasteiger charge is -2.34. The molecular formula is C21H30N4O4S. The second kappa shape index (κ2) is 9.34. The largest absolute Gasteiger partial charge is 0.467 e. The molecule has 2 aliphatic rings. The maximum absolute atomic E-state index is 13.2. The molecule has 30 heavy (non-hydrogen) atoms. The van der Waals surface area contributed by atoms with Crippen molar-refractivity contribution in [1.29, 1.82) is 0 Å². The first-order chi connectivity index (χ1) is 14.5. The van der Waals surface area contributed by atoms with Gasteiger partial charge in [0.1, 0.15) is 12.3 Å². The van der Waals surface area contributed by atoms with E-state index >= 15 is 0 Å². The zero-order chi connectivity index (χ0) is 21.0. The van der Waals surface area contributed by atoms with Crippen molar-refractivity contribution in [3.63, 3.8) is 0 Å². The lowest BCUT2D eigenvalue weighted by molar-refractivity contribution is -0.136. The molecule has 0 radical (unpaired) electrons. The van der Waals surface area contributed by atoms with Gasteiger partial charge in [-0.25, -0.2) is 13.4 Å². The van der Waals surface area contributed by atoms with Crippen molar-refractivity contribution in [2.24, 2.45) is 0 Å². The van der Waals surface area contributed by atoms with Gasteiger partial charge in [0, 0.05) is 25.3 Å². The number of hydrogen-bond acceptors (Lipinski definition) is 5. The molecule has 0 aromatic carbocycles. The number of piperidine rings is 1. The Morgan fingerprint density at radius 1 is 1.13 bits per heavy atom. The van der Waals surface area contributed by atoms with Gasteiger partial charge < -0.3 is 13.9 Å². The summed E-state index contributed by atoms with van der Waals surface area (Å²) in [7, 11) is -3.60. The fourth-order valence-corrected chi connectivity index (χ4v) is 5.88. The molecule has 1 aliphatic heterocycles. The van der Waals surface area contributed by atoms with Crippen LogP contribution >= 0.6 is 0 Å². The molecule has 1 amide bonds. The van der Waals surface area contributed by atoms with E-state index in [-0.39, 0.29) is 23.5 Å². The number of aromatic nitrogens is 2. The second-order valence-electron chi connectivity index (χ2n) is 8.24. The van der Waals surface area contributed by atoms with Gasteiger partial charge in [0.05, 0.1) is 19.1 Å². The van der Waals surface area contributed by atoms with E-state index < -0.39 is 10.0 Å². The molecule has 9 heteroatoms. The van der Waals surface area contributed by atoms with Crippen LogP contribution in [0.15, 0.2) is 40.4 Å². The molecule has 0 spiro atoms. The van der Waals surface area contributed by atoms with E-state index in [2.05, 4.69) is 4.98 Å². The quantitative estimate of drug-likeness (QED) is 0.668. The van der Waals surface area contributed by atoms with Crippen molar-refractivity contribution in [2.75, 3.05) is 13.1 Å². The summed E-state index contributed by atoms with van der Waals surface area (Å²) >= 11 is 0. The monoisotopic (exact) mass is 434 g/mol. The number of sulfonamides is 1. The average molecular weight is 435 g/mol. The molecule has 2 fully saturated rings. The van der Waals surface area contributed by atoms with Gasteiger partial charge in [0.2, 0.25) is 5.91 Å². The van der Waals surface area contributed by atoms with Crippen LogP contribution in [0.25, 0.3) is 0 Å². The van der Waals surface area contributed by atoms with Crippen molar-refractivity contribution in [3.05, 3.63) is 36.7 Å². The SMILES string of the molecule is O=C(Cn1cnc(S(=O)(=O)N2CCCCC2)c1)N(Cc1ccco1)C1CCCCC1. The maximum atomic E-state index is 13.2. The second-order valence-corrected chi connectivity index (χ2v) is 10.1. The normalized spacial score (nSPS) is 19.1. The van der Waals surface area contributed by atoms with E-state index in [0.29, 0.717) is 19.6 Å². The third kappa shape index (κ3) is 4.78. The number of amides is 1. The van der Waals surface area contributed by atoms with Crippen LogP contribution in [0.2, 0.25) is 0 Å². The highest BCUT2D eigenvalue weighted by molar-refractivity contribution is 7.89. The Morgan fingerprint density at radius 2 is 1.87 bits per heavy atom. The number of nitrogens with zero attached hydrogens (tertiary/aromatic N) is 4. The number of carbonyl (C=O) groups is 1. The molecule has 1 saturated heterocycles. The summed E-state index contributed by atoms with van der Waals surface area (Å²) in [4.78, 5) is 19.2. The Morgan fingerprint density at radius 3 is 2.57 bits per heavy atom. The van der Waals surface area contributed by atoms with Crippen LogP contribution in [0.5, 0.6) is 0 Å². The van der Waals surface area contributed by atoms with Gasteiger partial charge in [-0.15, -0.1) is 0 Å². The summed E-state index contributed by atoms with van der Waals surface area (Å²) in [5.74, 6) is 0.713. The fourth-order valence-electron chi connectivity index (χ4n) is 4.43. The van der Waals surface area contributed by atoms with Gasteiger partial charge in [0.15, 0.2) is 5.03 Å². The molecule has 164 valence electrons. The van der Waals surface area contributed by atoms with Crippen LogP contribution < -0.4 is 0 Å². The summed E-state index contributed by atoms with van der Waals surface area (Å²) in [5, 5.41) is 0.0208. The topological polar surface area (TPSA) is 88.6 Å². The van der Waals surface area contributed by atoms with Gasteiger partial charge in [-0.2, -0.15) is 4.31 Å². The number of rotatable bonds is 7. The molecule has 0 N–H and O–H groups in total. The van der Waals surface area contributed by atoms with Crippen LogP contribution in [0.1, 0.15) is 57.1 Å². The molecule has 2 aromatic heterocycles. The molecule has 8 nitrogen and oxygen atoms in total. The summed E-state index contributed by atoms with van der Waals surface area (Å²) in [6.45, 7) is 1.57. The lowest BCUT2D eigenvalue weighted by Crippen LogP contribution is -2.42. The third-order valence-corrected chi connectivity index (χ3v) is 7.87. The molecule has 0 unspecified atom stereocenters. The van der Waals surface area contributed by atoms with Crippen LogP contribution in [-0.2, 0) is 27.9 Å². The van der Waals surface area contributed by atoms with Gasteiger partial charge in [-0.1, -0.05) is 25.7 Å². The standard InChI is InChI=1S/C21H30N4O4S/c26-21(25(14-19-10-7-13-29-19)18-8-3-1-4-9-18)16-23-15-20(22-17-23)30(27,28)24-11-5-2-6-12-24/h7,10,13,15,17-18H,1-6,8-9,11-12,14,16H2. The summed E-state index contributed by atoms with van der Waals surface area (Å²) in [6.07, 6.45) is 12.8. The minimum Gasteiger partial charge on any atom is -0.467 e.